The molecule has 0 bridgehead atoms. The fourth-order valence-electron chi connectivity index (χ4n) is 1.92. The number of aromatic amines is 2. The van der Waals surface area contributed by atoms with Crippen LogP contribution in [-0.4, -0.2) is 21.5 Å². The largest absolute Gasteiger partial charge is 0.493 e. The molecule has 0 saturated carbocycles. The van der Waals surface area contributed by atoms with Crippen molar-refractivity contribution in [3.63, 3.8) is 0 Å². The van der Waals surface area contributed by atoms with Gasteiger partial charge in [-0.3, -0.25) is 19.9 Å². The van der Waals surface area contributed by atoms with Crippen LogP contribution in [-0.2, 0) is 0 Å². The summed E-state index contributed by atoms with van der Waals surface area (Å²) in [6, 6.07) is 7.08. The monoisotopic (exact) mass is 331 g/mol. The number of hydrogen-bond acceptors (Lipinski definition) is 5. The zero-order valence-corrected chi connectivity index (χ0v) is 13.2. The number of hydrogen-bond donors (Lipinski definition) is 2. The average Bonchev–Trinajstić information content (AvgIpc) is 2.50. The summed E-state index contributed by atoms with van der Waals surface area (Å²) in [5.41, 5.74) is -1.97. The van der Waals surface area contributed by atoms with E-state index in [1.54, 1.807) is 30.3 Å². The molecular formula is C16H17N3O5. The summed E-state index contributed by atoms with van der Waals surface area (Å²) in [5.74, 6) is 1.13. The highest BCUT2D eigenvalue weighted by Crippen LogP contribution is 2.16. The van der Waals surface area contributed by atoms with Gasteiger partial charge in [0.1, 0.15) is 11.4 Å². The number of ether oxygens (including phenoxy) is 1. The highest BCUT2D eigenvalue weighted by atomic mass is 16.6. The van der Waals surface area contributed by atoms with Crippen molar-refractivity contribution in [3.8, 4) is 5.75 Å². The highest BCUT2D eigenvalue weighted by molar-refractivity contribution is 5.71. The molecule has 1 heterocycles. The van der Waals surface area contributed by atoms with E-state index in [2.05, 4.69) is 4.98 Å². The van der Waals surface area contributed by atoms with Crippen molar-refractivity contribution in [2.24, 2.45) is 5.92 Å². The van der Waals surface area contributed by atoms with Gasteiger partial charge in [0.25, 0.3) is 0 Å². The van der Waals surface area contributed by atoms with Crippen molar-refractivity contribution in [1.29, 1.82) is 0 Å². The molecule has 8 heteroatoms. The molecule has 0 amide bonds. The highest BCUT2D eigenvalue weighted by Gasteiger charge is 2.18. The molecule has 0 aliphatic heterocycles. The van der Waals surface area contributed by atoms with Crippen LogP contribution < -0.4 is 16.0 Å². The fraction of sp³-hybridized carbons (Fsp3) is 0.250. The second kappa shape index (κ2) is 7.40. The molecule has 0 aliphatic rings. The normalized spacial score (nSPS) is 11.1. The Morgan fingerprint density at radius 2 is 1.83 bits per heavy atom. The van der Waals surface area contributed by atoms with Crippen LogP contribution in [0.2, 0.25) is 0 Å². The van der Waals surface area contributed by atoms with Crippen LogP contribution in [0.3, 0.4) is 0 Å². The van der Waals surface area contributed by atoms with Gasteiger partial charge in [-0.15, -0.1) is 0 Å². The Kier molecular flexibility index (Phi) is 5.31. The third-order valence-electron chi connectivity index (χ3n) is 3.03. The van der Waals surface area contributed by atoms with Crippen molar-refractivity contribution in [2.45, 2.75) is 13.8 Å². The maximum absolute atomic E-state index is 11.5. The SMILES string of the molecule is CC(C)COc1ccc(C=Cc2[nH]c(=O)[nH]c(=O)c2[N+](=O)[O-])cc1. The van der Waals surface area contributed by atoms with Crippen molar-refractivity contribution < 1.29 is 9.66 Å². The van der Waals surface area contributed by atoms with E-state index in [0.717, 1.165) is 11.3 Å². The lowest BCUT2D eigenvalue weighted by atomic mass is 10.2. The molecule has 24 heavy (non-hydrogen) atoms. The Bertz CT molecular complexity index is 863. The molecule has 0 unspecified atom stereocenters. The Morgan fingerprint density at radius 1 is 1.17 bits per heavy atom. The van der Waals surface area contributed by atoms with E-state index in [4.69, 9.17) is 4.74 Å². The van der Waals surface area contributed by atoms with Crippen LogP contribution in [0.25, 0.3) is 12.2 Å². The average molecular weight is 331 g/mol. The van der Waals surface area contributed by atoms with E-state index in [1.165, 1.54) is 6.08 Å². The molecule has 126 valence electrons. The van der Waals surface area contributed by atoms with Gasteiger partial charge >= 0.3 is 16.9 Å². The summed E-state index contributed by atoms with van der Waals surface area (Å²) in [7, 11) is 0. The first kappa shape index (κ1) is 17.2. The molecule has 0 spiro atoms. The first-order chi connectivity index (χ1) is 11.4. The zero-order valence-electron chi connectivity index (χ0n) is 13.2. The van der Waals surface area contributed by atoms with E-state index >= 15 is 0 Å². The number of nitrogens with zero attached hydrogens (tertiary/aromatic N) is 1. The van der Waals surface area contributed by atoms with Crippen LogP contribution in [0.15, 0.2) is 33.9 Å². The number of nitro groups is 1. The third-order valence-corrected chi connectivity index (χ3v) is 3.03. The van der Waals surface area contributed by atoms with Crippen LogP contribution >= 0.6 is 0 Å². The number of nitrogens with one attached hydrogen (secondary N) is 2. The van der Waals surface area contributed by atoms with Crippen LogP contribution in [0, 0.1) is 16.0 Å². The summed E-state index contributed by atoms with van der Waals surface area (Å²) in [6.45, 7) is 4.70. The van der Waals surface area contributed by atoms with Gasteiger partial charge in [-0.25, -0.2) is 4.79 Å². The lowest BCUT2D eigenvalue weighted by Gasteiger charge is -2.08. The first-order valence-corrected chi connectivity index (χ1v) is 7.28. The lowest BCUT2D eigenvalue weighted by molar-refractivity contribution is -0.386. The van der Waals surface area contributed by atoms with Crippen LogP contribution in [0.5, 0.6) is 5.75 Å². The van der Waals surface area contributed by atoms with Gasteiger partial charge in [0.15, 0.2) is 0 Å². The Hall–Kier alpha value is -3.16. The van der Waals surface area contributed by atoms with Crippen molar-refractivity contribution in [1.82, 2.24) is 9.97 Å². The van der Waals surface area contributed by atoms with Crippen molar-refractivity contribution in [3.05, 3.63) is 66.5 Å². The molecule has 1 aromatic carbocycles. The van der Waals surface area contributed by atoms with E-state index in [1.807, 2.05) is 18.8 Å². The van der Waals surface area contributed by atoms with Gasteiger partial charge in [-0.2, -0.15) is 0 Å². The van der Waals surface area contributed by atoms with Crippen LogP contribution in [0.1, 0.15) is 25.1 Å². The van der Waals surface area contributed by atoms with E-state index in [-0.39, 0.29) is 5.69 Å². The molecule has 2 N–H and O–H groups in total. The summed E-state index contributed by atoms with van der Waals surface area (Å²) in [6.07, 6.45) is 2.88. The predicted octanol–water partition coefficient (Wildman–Crippen LogP) is 2.18. The molecule has 1 aromatic heterocycles. The molecule has 0 atom stereocenters. The van der Waals surface area contributed by atoms with Gasteiger partial charge in [-0.1, -0.05) is 32.1 Å². The molecule has 2 aromatic rings. The first-order valence-electron chi connectivity index (χ1n) is 7.28. The number of aromatic nitrogens is 2. The summed E-state index contributed by atoms with van der Waals surface area (Å²) < 4.78 is 5.56. The molecule has 0 radical (unpaired) electrons. The molecule has 0 aliphatic carbocycles. The second-order valence-electron chi connectivity index (χ2n) is 5.53. The van der Waals surface area contributed by atoms with Gasteiger partial charge in [-0.05, 0) is 29.7 Å². The third kappa shape index (κ3) is 4.42. The quantitative estimate of drug-likeness (QED) is 0.621. The van der Waals surface area contributed by atoms with E-state index in [0.29, 0.717) is 12.5 Å². The molecule has 0 saturated heterocycles. The lowest BCUT2D eigenvalue weighted by Crippen LogP contribution is -2.25. The number of benzene rings is 1. The minimum absolute atomic E-state index is 0.158. The van der Waals surface area contributed by atoms with Gasteiger partial charge in [0, 0.05) is 0 Å². The minimum atomic E-state index is -1.04. The predicted molar refractivity (Wildman–Crippen MR) is 90.0 cm³/mol. The topological polar surface area (TPSA) is 118 Å². The fourth-order valence-corrected chi connectivity index (χ4v) is 1.92. The number of rotatable bonds is 6. The number of H-pyrrole nitrogens is 2. The summed E-state index contributed by atoms with van der Waals surface area (Å²) in [4.78, 5) is 37.0. The van der Waals surface area contributed by atoms with Gasteiger partial charge < -0.3 is 9.72 Å². The van der Waals surface area contributed by atoms with E-state index in [9.17, 15) is 19.7 Å². The Morgan fingerprint density at radius 3 is 2.42 bits per heavy atom. The molecule has 8 nitrogen and oxygen atoms in total. The maximum atomic E-state index is 11.5. The van der Waals surface area contributed by atoms with Gasteiger partial charge in [0.2, 0.25) is 0 Å². The molecule has 2 rings (SSSR count). The molecule has 0 fully saturated rings. The molecular weight excluding hydrogens is 314 g/mol. The Labute approximate surface area is 137 Å². The van der Waals surface area contributed by atoms with E-state index < -0.39 is 21.9 Å². The zero-order chi connectivity index (χ0) is 17.7. The summed E-state index contributed by atoms with van der Waals surface area (Å²) in [5, 5.41) is 10.9. The minimum Gasteiger partial charge on any atom is -0.493 e. The van der Waals surface area contributed by atoms with Crippen molar-refractivity contribution >= 4 is 17.8 Å². The maximum Gasteiger partial charge on any atom is 0.357 e. The summed E-state index contributed by atoms with van der Waals surface area (Å²) >= 11 is 0. The van der Waals surface area contributed by atoms with Crippen LogP contribution in [0.4, 0.5) is 5.69 Å². The van der Waals surface area contributed by atoms with Gasteiger partial charge in [0.05, 0.1) is 11.5 Å². The smallest absolute Gasteiger partial charge is 0.357 e. The standard InChI is InChI=1S/C16H17N3O5/c1-10(2)9-24-12-6-3-11(4-7-12)5-8-13-14(19(22)23)15(20)18-16(21)17-13/h3-8,10H,9H2,1-2H3,(H2,17,18,20,21). The second-order valence-corrected chi connectivity index (χ2v) is 5.53. The Balaban J connectivity index is 2.24. The van der Waals surface area contributed by atoms with Crippen molar-refractivity contribution in [2.75, 3.05) is 6.61 Å².